The number of unbranched alkanes of at least 4 members (excludes halogenated alkanes) is 1. The molecule has 4 nitrogen and oxygen atoms in total. The number of hydrogen-bond donors (Lipinski definition) is 2. The van der Waals surface area contributed by atoms with Crippen LogP contribution in [0.4, 0.5) is 0 Å². The van der Waals surface area contributed by atoms with E-state index in [1.54, 1.807) is 0 Å². The van der Waals surface area contributed by atoms with E-state index in [0.717, 1.165) is 25.7 Å². The Balaban J connectivity index is 2.48. The second kappa shape index (κ2) is 8.74. The molecule has 1 saturated carbocycles. The molecule has 2 N–H and O–H groups in total. The lowest BCUT2D eigenvalue weighted by Gasteiger charge is -2.39. The summed E-state index contributed by atoms with van der Waals surface area (Å²) < 4.78 is 5.42. The smallest absolute Gasteiger partial charge is 0.309 e. The first-order valence-electron chi connectivity index (χ1n) is 8.40. The Kier molecular flexibility index (Phi) is 7.67. The molecule has 0 aromatic rings. The van der Waals surface area contributed by atoms with E-state index in [9.17, 15) is 15.0 Å². The SMILES string of the molecule is CCCCOCC(O)CC1(C(=O)O)CCC(C(C)C)CC1. The minimum atomic E-state index is -0.752. The number of aliphatic hydroxyl groups excluding tert-OH is 1. The van der Waals surface area contributed by atoms with Crippen LogP contribution in [-0.2, 0) is 9.53 Å². The summed E-state index contributed by atoms with van der Waals surface area (Å²) in [5, 5.41) is 19.7. The highest BCUT2D eigenvalue weighted by Crippen LogP contribution is 2.44. The zero-order valence-corrected chi connectivity index (χ0v) is 13.8. The van der Waals surface area contributed by atoms with Crippen LogP contribution in [0.25, 0.3) is 0 Å². The lowest BCUT2D eigenvalue weighted by molar-refractivity contribution is -0.155. The fourth-order valence-corrected chi connectivity index (χ4v) is 3.34. The molecule has 0 spiro atoms. The van der Waals surface area contributed by atoms with Gasteiger partial charge in [-0.15, -0.1) is 0 Å². The monoisotopic (exact) mass is 300 g/mol. The van der Waals surface area contributed by atoms with Gasteiger partial charge >= 0.3 is 5.97 Å². The molecule has 0 aromatic carbocycles. The molecule has 21 heavy (non-hydrogen) atoms. The van der Waals surface area contributed by atoms with Gasteiger partial charge in [0.05, 0.1) is 18.1 Å². The van der Waals surface area contributed by atoms with Gasteiger partial charge < -0.3 is 14.9 Å². The topological polar surface area (TPSA) is 66.8 Å². The molecule has 0 bridgehead atoms. The second-order valence-electron chi connectivity index (χ2n) is 6.95. The molecule has 124 valence electrons. The lowest BCUT2D eigenvalue weighted by Crippen LogP contribution is -2.40. The molecule has 1 rings (SSSR count). The van der Waals surface area contributed by atoms with Crippen molar-refractivity contribution in [2.45, 2.75) is 71.8 Å². The Hall–Kier alpha value is -0.610. The average molecular weight is 300 g/mol. The van der Waals surface area contributed by atoms with Crippen molar-refractivity contribution in [1.29, 1.82) is 0 Å². The van der Waals surface area contributed by atoms with Crippen LogP contribution >= 0.6 is 0 Å². The molecule has 0 aromatic heterocycles. The number of ether oxygens (including phenoxy) is 1. The summed E-state index contributed by atoms with van der Waals surface area (Å²) in [6, 6.07) is 0. The van der Waals surface area contributed by atoms with Crippen LogP contribution in [0.1, 0.15) is 65.7 Å². The number of aliphatic hydroxyl groups is 1. The predicted octanol–water partition coefficient (Wildman–Crippen LogP) is 3.47. The second-order valence-corrected chi connectivity index (χ2v) is 6.95. The van der Waals surface area contributed by atoms with Gasteiger partial charge in [-0.25, -0.2) is 0 Å². The van der Waals surface area contributed by atoms with Crippen LogP contribution in [0.5, 0.6) is 0 Å². The van der Waals surface area contributed by atoms with E-state index in [0.29, 0.717) is 37.7 Å². The van der Waals surface area contributed by atoms with E-state index < -0.39 is 17.5 Å². The van der Waals surface area contributed by atoms with Crippen LogP contribution in [0, 0.1) is 17.3 Å². The van der Waals surface area contributed by atoms with Crippen LogP contribution in [0.15, 0.2) is 0 Å². The summed E-state index contributed by atoms with van der Waals surface area (Å²) in [5.41, 5.74) is -0.751. The minimum Gasteiger partial charge on any atom is -0.481 e. The molecule has 0 amide bonds. The third-order valence-corrected chi connectivity index (χ3v) is 4.96. The zero-order chi connectivity index (χ0) is 15.9. The number of carbonyl (C=O) groups is 1. The van der Waals surface area contributed by atoms with Crippen molar-refractivity contribution in [3.05, 3.63) is 0 Å². The van der Waals surface area contributed by atoms with E-state index in [1.165, 1.54) is 0 Å². The minimum absolute atomic E-state index is 0.253. The Morgan fingerprint density at radius 2 is 1.95 bits per heavy atom. The molecule has 0 radical (unpaired) electrons. The molecule has 1 aliphatic rings. The summed E-state index contributed by atoms with van der Waals surface area (Å²) in [5.74, 6) is 0.479. The third kappa shape index (κ3) is 5.59. The third-order valence-electron chi connectivity index (χ3n) is 4.96. The quantitative estimate of drug-likeness (QED) is 0.640. The standard InChI is InChI=1S/C17H32O4/c1-4-5-10-21-12-15(18)11-17(16(19)20)8-6-14(7-9-17)13(2)3/h13-15,18H,4-12H2,1-3H3,(H,19,20). The first kappa shape index (κ1) is 18.4. The van der Waals surface area contributed by atoms with E-state index in [4.69, 9.17) is 4.74 Å². The fourth-order valence-electron chi connectivity index (χ4n) is 3.34. The first-order valence-corrected chi connectivity index (χ1v) is 8.40. The molecule has 0 saturated heterocycles. The Morgan fingerprint density at radius 3 is 2.43 bits per heavy atom. The van der Waals surface area contributed by atoms with Crippen molar-refractivity contribution in [2.75, 3.05) is 13.2 Å². The maximum Gasteiger partial charge on any atom is 0.309 e. The zero-order valence-electron chi connectivity index (χ0n) is 13.8. The van der Waals surface area contributed by atoms with E-state index in [1.807, 2.05) is 0 Å². The highest BCUT2D eigenvalue weighted by molar-refractivity contribution is 5.74. The van der Waals surface area contributed by atoms with Gasteiger partial charge in [0.15, 0.2) is 0 Å². The lowest BCUT2D eigenvalue weighted by atomic mass is 9.65. The van der Waals surface area contributed by atoms with E-state index >= 15 is 0 Å². The molecule has 1 atom stereocenters. The molecule has 4 heteroatoms. The van der Waals surface area contributed by atoms with Crippen LogP contribution in [-0.4, -0.2) is 35.5 Å². The van der Waals surface area contributed by atoms with Gasteiger partial charge in [0, 0.05) is 6.61 Å². The van der Waals surface area contributed by atoms with Crippen LogP contribution < -0.4 is 0 Å². The fraction of sp³-hybridized carbons (Fsp3) is 0.941. The van der Waals surface area contributed by atoms with E-state index in [-0.39, 0.29) is 6.61 Å². The van der Waals surface area contributed by atoms with Gasteiger partial charge in [0.1, 0.15) is 0 Å². The molecular weight excluding hydrogens is 268 g/mol. The predicted molar refractivity (Wildman–Crippen MR) is 83.2 cm³/mol. The van der Waals surface area contributed by atoms with Crippen molar-refractivity contribution in [3.63, 3.8) is 0 Å². The van der Waals surface area contributed by atoms with Crippen molar-refractivity contribution < 1.29 is 19.7 Å². The largest absolute Gasteiger partial charge is 0.481 e. The molecule has 0 aliphatic heterocycles. The maximum absolute atomic E-state index is 11.7. The molecule has 1 unspecified atom stereocenters. The van der Waals surface area contributed by atoms with Gasteiger partial charge in [0.25, 0.3) is 0 Å². The normalized spacial score (nSPS) is 27.8. The Labute approximate surface area is 128 Å². The number of aliphatic carboxylic acids is 1. The Bertz CT molecular complexity index is 306. The summed E-state index contributed by atoms with van der Waals surface area (Å²) in [6.45, 7) is 7.39. The summed E-state index contributed by atoms with van der Waals surface area (Å²) >= 11 is 0. The summed E-state index contributed by atoms with van der Waals surface area (Å²) in [7, 11) is 0. The van der Waals surface area contributed by atoms with Crippen molar-refractivity contribution in [3.8, 4) is 0 Å². The molecule has 0 heterocycles. The first-order chi connectivity index (χ1) is 9.91. The van der Waals surface area contributed by atoms with Gasteiger partial charge in [-0.05, 0) is 50.4 Å². The number of carboxylic acid groups (broad SMARTS) is 1. The number of carboxylic acids is 1. The molecule has 1 aliphatic carbocycles. The van der Waals surface area contributed by atoms with Crippen molar-refractivity contribution >= 4 is 5.97 Å². The maximum atomic E-state index is 11.7. The molecular formula is C17H32O4. The highest BCUT2D eigenvalue weighted by atomic mass is 16.5. The van der Waals surface area contributed by atoms with Gasteiger partial charge in [-0.2, -0.15) is 0 Å². The van der Waals surface area contributed by atoms with Crippen molar-refractivity contribution in [2.24, 2.45) is 17.3 Å². The van der Waals surface area contributed by atoms with Gasteiger partial charge in [-0.3, -0.25) is 4.79 Å². The summed E-state index contributed by atoms with van der Waals surface area (Å²) in [6.07, 6.45) is 4.95. The van der Waals surface area contributed by atoms with Crippen LogP contribution in [0.2, 0.25) is 0 Å². The molecule has 1 fully saturated rings. The number of rotatable bonds is 9. The summed E-state index contributed by atoms with van der Waals surface area (Å²) in [4.78, 5) is 11.7. The van der Waals surface area contributed by atoms with Crippen LogP contribution in [0.3, 0.4) is 0 Å². The van der Waals surface area contributed by atoms with Gasteiger partial charge in [-0.1, -0.05) is 27.2 Å². The van der Waals surface area contributed by atoms with Crippen molar-refractivity contribution in [1.82, 2.24) is 0 Å². The average Bonchev–Trinajstić information content (AvgIpc) is 2.44. The Morgan fingerprint density at radius 1 is 1.33 bits per heavy atom. The number of hydrogen-bond acceptors (Lipinski definition) is 3. The van der Waals surface area contributed by atoms with E-state index in [2.05, 4.69) is 20.8 Å². The van der Waals surface area contributed by atoms with Gasteiger partial charge in [0.2, 0.25) is 0 Å². The highest BCUT2D eigenvalue weighted by Gasteiger charge is 2.43.